The van der Waals surface area contributed by atoms with Crippen molar-refractivity contribution >= 4 is 18.3 Å². The molecule has 1 saturated heterocycles. The lowest BCUT2D eigenvalue weighted by Crippen LogP contribution is -2.47. The summed E-state index contributed by atoms with van der Waals surface area (Å²) in [5, 5.41) is 6.44. The van der Waals surface area contributed by atoms with E-state index in [1.165, 1.54) is 5.56 Å². The minimum Gasteiger partial charge on any atom is -0.351 e. The van der Waals surface area contributed by atoms with Crippen LogP contribution < -0.4 is 10.6 Å². The van der Waals surface area contributed by atoms with Crippen LogP contribution in [-0.4, -0.2) is 43.0 Å². The third-order valence-electron chi connectivity index (χ3n) is 4.29. The van der Waals surface area contributed by atoms with Crippen molar-refractivity contribution in [2.45, 2.75) is 45.7 Å². The van der Waals surface area contributed by atoms with E-state index in [-0.39, 0.29) is 18.3 Å². The van der Waals surface area contributed by atoms with Gasteiger partial charge in [0.05, 0.1) is 6.54 Å². The zero-order chi connectivity index (χ0) is 15.8. The first kappa shape index (κ1) is 19.9. The smallest absolute Gasteiger partial charge is 0.234 e. The molecule has 23 heavy (non-hydrogen) atoms. The van der Waals surface area contributed by atoms with Crippen molar-refractivity contribution in [3.63, 3.8) is 0 Å². The van der Waals surface area contributed by atoms with Crippen molar-refractivity contribution in [3.05, 3.63) is 35.4 Å². The van der Waals surface area contributed by atoms with Crippen molar-refractivity contribution in [3.8, 4) is 0 Å². The van der Waals surface area contributed by atoms with E-state index in [0.29, 0.717) is 19.1 Å². The molecule has 130 valence electrons. The highest BCUT2D eigenvalue weighted by Crippen LogP contribution is 2.12. The number of halogens is 1. The van der Waals surface area contributed by atoms with Crippen molar-refractivity contribution in [1.29, 1.82) is 0 Å². The van der Waals surface area contributed by atoms with E-state index in [1.54, 1.807) is 0 Å². The predicted octanol–water partition coefficient (Wildman–Crippen LogP) is 2.50. The van der Waals surface area contributed by atoms with Gasteiger partial charge in [-0.2, -0.15) is 0 Å². The lowest BCUT2D eigenvalue weighted by molar-refractivity contribution is -0.123. The largest absolute Gasteiger partial charge is 0.351 e. The Morgan fingerprint density at radius 1 is 1.26 bits per heavy atom. The Morgan fingerprint density at radius 3 is 2.52 bits per heavy atom. The van der Waals surface area contributed by atoms with Crippen molar-refractivity contribution in [2.75, 3.05) is 26.2 Å². The first-order chi connectivity index (χ1) is 10.7. The highest BCUT2D eigenvalue weighted by molar-refractivity contribution is 5.85. The summed E-state index contributed by atoms with van der Waals surface area (Å²) in [5.41, 5.74) is 2.40. The zero-order valence-electron chi connectivity index (χ0n) is 14.3. The number of aryl methyl sites for hydroxylation is 1. The van der Waals surface area contributed by atoms with E-state index < -0.39 is 0 Å². The summed E-state index contributed by atoms with van der Waals surface area (Å²) in [7, 11) is 0. The van der Waals surface area contributed by atoms with Crippen LogP contribution >= 0.6 is 12.4 Å². The maximum Gasteiger partial charge on any atom is 0.234 e. The van der Waals surface area contributed by atoms with Crippen LogP contribution in [0.4, 0.5) is 0 Å². The molecule has 0 aromatic heterocycles. The molecule has 1 aromatic carbocycles. The molecular formula is C18H30ClN3O. The first-order valence-corrected chi connectivity index (χ1v) is 8.46. The van der Waals surface area contributed by atoms with E-state index in [1.807, 2.05) is 0 Å². The number of rotatable bonds is 7. The fourth-order valence-electron chi connectivity index (χ4n) is 3.00. The number of piperidine rings is 1. The van der Waals surface area contributed by atoms with Crippen LogP contribution in [0.2, 0.25) is 0 Å². The van der Waals surface area contributed by atoms with Crippen molar-refractivity contribution < 1.29 is 4.79 Å². The lowest BCUT2D eigenvalue weighted by Gasteiger charge is -2.34. The third kappa shape index (κ3) is 6.90. The second kappa shape index (κ2) is 10.6. The van der Waals surface area contributed by atoms with Gasteiger partial charge in [0, 0.05) is 12.6 Å². The Balaban J connectivity index is 0.00000264. The second-order valence-corrected chi connectivity index (χ2v) is 6.21. The number of hydrogen-bond donors (Lipinski definition) is 2. The number of nitrogens with zero attached hydrogens (tertiary/aromatic N) is 1. The highest BCUT2D eigenvalue weighted by atomic mass is 35.5. The van der Waals surface area contributed by atoms with Crippen LogP contribution in [0.5, 0.6) is 0 Å². The van der Waals surface area contributed by atoms with Gasteiger partial charge in [-0.3, -0.25) is 9.69 Å². The van der Waals surface area contributed by atoms with E-state index in [4.69, 9.17) is 0 Å². The number of carbonyl (C=O) groups is 1. The molecule has 1 aromatic rings. The van der Waals surface area contributed by atoms with Gasteiger partial charge in [0.15, 0.2) is 0 Å². The van der Waals surface area contributed by atoms with E-state index in [9.17, 15) is 4.79 Å². The Morgan fingerprint density at radius 2 is 1.91 bits per heavy atom. The van der Waals surface area contributed by atoms with E-state index in [2.05, 4.69) is 53.6 Å². The first-order valence-electron chi connectivity index (χ1n) is 8.46. The molecule has 5 heteroatoms. The summed E-state index contributed by atoms with van der Waals surface area (Å²) in [4.78, 5) is 14.6. The number of carbonyl (C=O) groups excluding carboxylic acids is 1. The van der Waals surface area contributed by atoms with Crippen LogP contribution in [0.15, 0.2) is 24.3 Å². The van der Waals surface area contributed by atoms with Gasteiger partial charge in [0.25, 0.3) is 0 Å². The lowest BCUT2D eigenvalue weighted by atomic mass is 10.0. The van der Waals surface area contributed by atoms with E-state index in [0.717, 1.165) is 44.5 Å². The van der Waals surface area contributed by atoms with Crippen molar-refractivity contribution in [1.82, 2.24) is 15.5 Å². The molecule has 0 radical (unpaired) electrons. The van der Waals surface area contributed by atoms with Gasteiger partial charge in [-0.25, -0.2) is 0 Å². The van der Waals surface area contributed by atoms with Gasteiger partial charge in [-0.05, 0) is 51.4 Å². The average Bonchev–Trinajstić information content (AvgIpc) is 2.55. The number of nitrogens with one attached hydrogen (secondary N) is 2. The summed E-state index contributed by atoms with van der Waals surface area (Å²) in [6.45, 7) is 8.52. The minimum absolute atomic E-state index is 0. The van der Waals surface area contributed by atoms with Gasteiger partial charge < -0.3 is 10.6 Å². The van der Waals surface area contributed by atoms with Crippen molar-refractivity contribution in [2.24, 2.45) is 0 Å². The molecule has 4 nitrogen and oxygen atoms in total. The molecule has 0 saturated carbocycles. The Bertz CT molecular complexity index is 458. The summed E-state index contributed by atoms with van der Waals surface area (Å²) < 4.78 is 0. The van der Waals surface area contributed by atoms with Gasteiger partial charge in [0.2, 0.25) is 5.91 Å². The summed E-state index contributed by atoms with van der Waals surface area (Å²) in [6, 6.07) is 8.87. The fraction of sp³-hybridized carbons (Fsp3) is 0.611. The molecule has 0 atom stereocenters. The number of hydrogen-bond acceptors (Lipinski definition) is 3. The summed E-state index contributed by atoms with van der Waals surface area (Å²) in [6.07, 6.45) is 3.38. The maximum absolute atomic E-state index is 12.2. The normalized spacial score (nSPS) is 15.3. The summed E-state index contributed by atoms with van der Waals surface area (Å²) in [5.74, 6) is 0.132. The van der Waals surface area contributed by atoms with E-state index >= 15 is 0 Å². The molecule has 0 aliphatic carbocycles. The zero-order valence-corrected chi connectivity index (χ0v) is 15.1. The third-order valence-corrected chi connectivity index (χ3v) is 4.29. The molecule has 1 amide bonds. The molecule has 1 heterocycles. The fourth-order valence-corrected chi connectivity index (χ4v) is 3.00. The quantitative estimate of drug-likeness (QED) is 0.802. The summed E-state index contributed by atoms with van der Waals surface area (Å²) >= 11 is 0. The molecule has 0 unspecified atom stereocenters. The standard InChI is InChI=1S/C18H29N3O.ClH/c1-3-12-21(17-8-10-19-11-9-17)14-18(22)20-13-16-6-4-15(2)5-7-16;/h4-7,17,19H,3,8-14H2,1-2H3,(H,20,22);1H. The van der Waals surface area contributed by atoms with Crippen LogP contribution in [0, 0.1) is 6.92 Å². The van der Waals surface area contributed by atoms with Gasteiger partial charge in [0.1, 0.15) is 0 Å². The highest BCUT2D eigenvalue weighted by Gasteiger charge is 2.22. The maximum atomic E-state index is 12.2. The molecule has 0 bridgehead atoms. The molecule has 1 aliphatic heterocycles. The predicted molar refractivity (Wildman–Crippen MR) is 98.0 cm³/mol. The Kier molecular flexibility index (Phi) is 9.22. The van der Waals surface area contributed by atoms with Gasteiger partial charge >= 0.3 is 0 Å². The number of amides is 1. The molecule has 0 spiro atoms. The van der Waals surface area contributed by atoms with Crippen LogP contribution in [0.1, 0.15) is 37.3 Å². The Labute approximate surface area is 146 Å². The van der Waals surface area contributed by atoms with Crippen LogP contribution in [-0.2, 0) is 11.3 Å². The topological polar surface area (TPSA) is 44.4 Å². The van der Waals surface area contributed by atoms with Gasteiger partial charge in [-0.1, -0.05) is 36.8 Å². The molecule has 1 fully saturated rings. The average molecular weight is 340 g/mol. The minimum atomic E-state index is 0. The molecular weight excluding hydrogens is 310 g/mol. The number of benzene rings is 1. The van der Waals surface area contributed by atoms with Crippen LogP contribution in [0.3, 0.4) is 0 Å². The SMILES string of the molecule is CCCN(CC(=O)NCc1ccc(C)cc1)C1CCNCC1.Cl. The van der Waals surface area contributed by atoms with Gasteiger partial charge in [-0.15, -0.1) is 12.4 Å². The Hall–Kier alpha value is -1.10. The monoisotopic (exact) mass is 339 g/mol. The second-order valence-electron chi connectivity index (χ2n) is 6.21. The molecule has 2 rings (SSSR count). The molecule has 2 N–H and O–H groups in total. The van der Waals surface area contributed by atoms with Crippen LogP contribution in [0.25, 0.3) is 0 Å². The molecule has 1 aliphatic rings.